The first kappa shape index (κ1) is 10.8. The summed E-state index contributed by atoms with van der Waals surface area (Å²) in [4.78, 5) is 2.64. The Kier molecular flexibility index (Phi) is 3.98. The maximum absolute atomic E-state index is 2.64. The molecule has 1 saturated heterocycles. The molecule has 0 N–H and O–H groups in total. The molecule has 1 rings (SSSR count). The predicted octanol–water partition coefficient (Wildman–Crippen LogP) is 3.07. The average molecular weight is 181 g/mol. The smallest absolute Gasteiger partial charge is 0.0136 e. The van der Waals surface area contributed by atoms with Crippen molar-refractivity contribution in [2.75, 3.05) is 6.54 Å². The Labute approximate surface area is 82.8 Å². The summed E-state index contributed by atoms with van der Waals surface area (Å²) in [6.45, 7) is 10.4. The van der Waals surface area contributed by atoms with Crippen LogP contribution in [0.2, 0.25) is 0 Å². The van der Waals surface area contributed by atoms with Crippen molar-refractivity contribution in [3.8, 4) is 0 Å². The number of rotatable bonds is 3. The summed E-state index contributed by atoms with van der Waals surface area (Å²) in [5.74, 6) is 0.887. The number of hydrogen-bond donors (Lipinski definition) is 0. The second-order valence-electron chi connectivity index (χ2n) is 4.59. The van der Waals surface area contributed by atoms with Crippen molar-refractivity contribution in [2.24, 2.45) is 5.92 Å². The summed E-state index contributed by atoms with van der Waals surface area (Å²) in [6, 6.07) is 1.51. The van der Waals surface area contributed by atoms with E-state index in [1.807, 2.05) is 0 Å². The Morgan fingerprint density at radius 1 is 1.46 bits per heavy atom. The molecule has 2 unspecified atom stereocenters. The van der Waals surface area contributed by atoms with Gasteiger partial charge in [-0.05, 0) is 39.5 Å². The van der Waals surface area contributed by atoms with Gasteiger partial charge in [0.15, 0.2) is 0 Å². The van der Waals surface area contributed by atoms with E-state index in [0.717, 1.165) is 12.0 Å². The fourth-order valence-corrected chi connectivity index (χ4v) is 2.34. The van der Waals surface area contributed by atoms with Gasteiger partial charge in [-0.2, -0.15) is 0 Å². The molecule has 1 aliphatic heterocycles. The van der Waals surface area contributed by atoms with Crippen molar-refractivity contribution >= 4 is 0 Å². The molecule has 0 aromatic rings. The van der Waals surface area contributed by atoms with Crippen LogP contribution in [0.3, 0.4) is 0 Å². The van der Waals surface area contributed by atoms with Gasteiger partial charge in [-0.15, -0.1) is 0 Å². The van der Waals surface area contributed by atoms with E-state index >= 15 is 0 Å². The zero-order valence-electron chi connectivity index (χ0n) is 9.46. The van der Waals surface area contributed by atoms with Crippen LogP contribution in [0.1, 0.15) is 40.5 Å². The molecule has 0 bridgehead atoms. The predicted molar refractivity (Wildman–Crippen MR) is 58.8 cm³/mol. The quantitative estimate of drug-likeness (QED) is 0.605. The van der Waals surface area contributed by atoms with Gasteiger partial charge in [0.05, 0.1) is 0 Å². The molecule has 76 valence electrons. The van der Waals surface area contributed by atoms with Crippen LogP contribution < -0.4 is 0 Å². The van der Waals surface area contributed by atoms with Crippen molar-refractivity contribution in [3.63, 3.8) is 0 Å². The van der Waals surface area contributed by atoms with Gasteiger partial charge in [0.25, 0.3) is 0 Å². The summed E-state index contributed by atoms with van der Waals surface area (Å²) < 4.78 is 0. The lowest BCUT2D eigenvalue weighted by Gasteiger charge is -2.27. The van der Waals surface area contributed by atoms with Crippen LogP contribution in [-0.2, 0) is 0 Å². The minimum atomic E-state index is 0.709. The van der Waals surface area contributed by atoms with E-state index in [-0.39, 0.29) is 0 Å². The van der Waals surface area contributed by atoms with Gasteiger partial charge >= 0.3 is 0 Å². The van der Waals surface area contributed by atoms with E-state index in [0.29, 0.717) is 6.04 Å². The lowest BCUT2D eigenvalue weighted by molar-refractivity contribution is 0.202. The topological polar surface area (TPSA) is 3.24 Å². The molecule has 0 aromatic heterocycles. The van der Waals surface area contributed by atoms with Crippen molar-refractivity contribution < 1.29 is 0 Å². The van der Waals surface area contributed by atoms with Gasteiger partial charge in [-0.25, -0.2) is 0 Å². The monoisotopic (exact) mass is 181 g/mol. The Balaban J connectivity index is 2.50. The second kappa shape index (κ2) is 4.80. The molecule has 1 aliphatic rings. The van der Waals surface area contributed by atoms with E-state index in [4.69, 9.17) is 0 Å². The maximum Gasteiger partial charge on any atom is 0.0136 e. The number of allylic oxidation sites excluding steroid dienone is 1. The van der Waals surface area contributed by atoms with Gasteiger partial charge < -0.3 is 0 Å². The van der Waals surface area contributed by atoms with Crippen LogP contribution in [0.25, 0.3) is 0 Å². The number of hydrogen-bond acceptors (Lipinski definition) is 1. The third kappa shape index (κ3) is 2.84. The highest BCUT2D eigenvalue weighted by molar-refractivity contribution is 4.91. The van der Waals surface area contributed by atoms with Gasteiger partial charge in [-0.1, -0.05) is 19.1 Å². The van der Waals surface area contributed by atoms with E-state index in [1.165, 1.54) is 19.4 Å². The number of likely N-dealkylation sites (tertiary alicyclic amines) is 1. The molecule has 13 heavy (non-hydrogen) atoms. The van der Waals surface area contributed by atoms with Gasteiger partial charge in [-0.3, -0.25) is 4.90 Å². The lowest BCUT2D eigenvalue weighted by atomic mass is 10.1. The van der Waals surface area contributed by atoms with E-state index in [2.05, 4.69) is 44.7 Å². The normalized spacial score (nSPS) is 30.8. The minimum Gasteiger partial charge on any atom is -0.297 e. The van der Waals surface area contributed by atoms with E-state index in [1.54, 1.807) is 0 Å². The average Bonchev–Trinajstić information content (AvgIpc) is 2.43. The zero-order valence-corrected chi connectivity index (χ0v) is 9.46. The Morgan fingerprint density at radius 2 is 2.15 bits per heavy atom. The molecular weight excluding hydrogens is 158 g/mol. The van der Waals surface area contributed by atoms with Crippen molar-refractivity contribution in [1.29, 1.82) is 0 Å². The fourth-order valence-electron chi connectivity index (χ4n) is 2.34. The summed E-state index contributed by atoms with van der Waals surface area (Å²) >= 11 is 0. The molecule has 2 atom stereocenters. The van der Waals surface area contributed by atoms with Crippen molar-refractivity contribution in [2.45, 2.75) is 52.6 Å². The molecule has 1 nitrogen and oxygen atoms in total. The molecule has 0 aliphatic carbocycles. The second-order valence-corrected chi connectivity index (χ2v) is 4.59. The number of nitrogens with zero attached hydrogens (tertiary/aromatic N) is 1. The molecule has 0 amide bonds. The van der Waals surface area contributed by atoms with Crippen LogP contribution in [0.4, 0.5) is 0 Å². The Hall–Kier alpha value is -0.300. The Morgan fingerprint density at radius 3 is 2.69 bits per heavy atom. The third-order valence-corrected chi connectivity index (χ3v) is 2.97. The molecule has 0 radical (unpaired) electrons. The molecular formula is C12H23N. The van der Waals surface area contributed by atoms with Gasteiger partial charge in [0, 0.05) is 18.6 Å². The highest BCUT2D eigenvalue weighted by Gasteiger charge is 2.29. The fraction of sp³-hybridized carbons (Fsp3) is 0.833. The SMILES string of the molecule is C/C=C\CC1CC(C)CN1C(C)C. The lowest BCUT2D eigenvalue weighted by Crippen LogP contribution is -2.35. The van der Waals surface area contributed by atoms with Crippen LogP contribution in [0.5, 0.6) is 0 Å². The highest BCUT2D eigenvalue weighted by Crippen LogP contribution is 2.27. The van der Waals surface area contributed by atoms with Crippen LogP contribution >= 0.6 is 0 Å². The highest BCUT2D eigenvalue weighted by atomic mass is 15.2. The zero-order chi connectivity index (χ0) is 9.84. The maximum atomic E-state index is 2.64. The standard InChI is InChI=1S/C12H23N/c1-5-6-7-12-8-11(4)9-13(12)10(2)3/h5-6,10-12H,7-9H2,1-4H3/b6-5-. The van der Waals surface area contributed by atoms with Crippen molar-refractivity contribution in [3.05, 3.63) is 12.2 Å². The largest absolute Gasteiger partial charge is 0.297 e. The molecule has 0 saturated carbocycles. The van der Waals surface area contributed by atoms with Gasteiger partial charge in [0.1, 0.15) is 0 Å². The molecule has 1 heteroatoms. The summed E-state index contributed by atoms with van der Waals surface area (Å²) in [5, 5.41) is 0. The third-order valence-electron chi connectivity index (χ3n) is 2.97. The minimum absolute atomic E-state index is 0.709. The first-order chi connectivity index (χ1) is 6.15. The summed E-state index contributed by atoms with van der Waals surface area (Å²) in [6.07, 6.45) is 7.08. The summed E-state index contributed by atoms with van der Waals surface area (Å²) in [7, 11) is 0. The summed E-state index contributed by atoms with van der Waals surface area (Å²) in [5.41, 5.74) is 0. The van der Waals surface area contributed by atoms with Crippen LogP contribution in [-0.4, -0.2) is 23.5 Å². The molecule has 1 heterocycles. The van der Waals surface area contributed by atoms with Crippen molar-refractivity contribution in [1.82, 2.24) is 4.90 Å². The Bertz CT molecular complexity index is 172. The van der Waals surface area contributed by atoms with Crippen LogP contribution in [0, 0.1) is 5.92 Å². The van der Waals surface area contributed by atoms with E-state index < -0.39 is 0 Å². The van der Waals surface area contributed by atoms with E-state index in [9.17, 15) is 0 Å². The van der Waals surface area contributed by atoms with Gasteiger partial charge in [0.2, 0.25) is 0 Å². The van der Waals surface area contributed by atoms with Crippen LogP contribution in [0.15, 0.2) is 12.2 Å². The first-order valence-electron chi connectivity index (χ1n) is 5.52. The molecule has 1 fully saturated rings. The molecule has 0 spiro atoms. The first-order valence-corrected chi connectivity index (χ1v) is 5.52. The molecule has 0 aromatic carbocycles.